The Bertz CT molecular complexity index is 1100. The van der Waals surface area contributed by atoms with Crippen molar-refractivity contribution in [3.05, 3.63) is 65.3 Å². The van der Waals surface area contributed by atoms with Gasteiger partial charge in [-0.05, 0) is 30.3 Å². The number of benzene rings is 1. The van der Waals surface area contributed by atoms with Gasteiger partial charge in [0.1, 0.15) is 23.1 Å². The molecule has 140 valence electrons. The molecule has 0 bridgehead atoms. The van der Waals surface area contributed by atoms with Crippen LogP contribution in [0.5, 0.6) is 17.4 Å². The fraction of sp³-hybridized carbons (Fsp3) is 0.150. The number of aromatic amines is 1. The first kappa shape index (κ1) is 17.4. The van der Waals surface area contributed by atoms with Crippen LogP contribution in [0.2, 0.25) is 0 Å². The number of nitrogens with one attached hydrogen (secondary N) is 1. The Labute approximate surface area is 161 Å². The van der Waals surface area contributed by atoms with E-state index >= 15 is 0 Å². The topological polar surface area (TPSA) is 119 Å². The van der Waals surface area contributed by atoms with E-state index in [0.717, 1.165) is 11.1 Å². The van der Waals surface area contributed by atoms with E-state index in [4.69, 9.17) is 19.9 Å². The molecule has 0 amide bonds. The molecule has 0 aliphatic carbocycles. The van der Waals surface area contributed by atoms with Crippen LogP contribution in [0.25, 0.3) is 11.3 Å². The second kappa shape index (κ2) is 6.96. The number of nitriles is 1. The molecule has 0 saturated heterocycles. The van der Waals surface area contributed by atoms with Gasteiger partial charge in [-0.25, -0.2) is 0 Å². The summed E-state index contributed by atoms with van der Waals surface area (Å²) in [5, 5.41) is 17.1. The van der Waals surface area contributed by atoms with Crippen molar-refractivity contribution in [1.82, 2.24) is 15.2 Å². The lowest BCUT2D eigenvalue weighted by atomic mass is 9.82. The summed E-state index contributed by atoms with van der Waals surface area (Å²) in [5.74, 6) is 1.02. The summed E-state index contributed by atoms with van der Waals surface area (Å²) in [5.41, 5.74) is 9.31. The molecule has 3 heterocycles. The maximum atomic E-state index is 9.83. The first-order valence-corrected chi connectivity index (χ1v) is 8.46. The van der Waals surface area contributed by atoms with Crippen molar-refractivity contribution >= 4 is 0 Å². The number of hydrogen-bond acceptors (Lipinski definition) is 7. The highest BCUT2D eigenvalue weighted by atomic mass is 16.5. The third kappa shape index (κ3) is 2.70. The number of hydrogen-bond donors (Lipinski definition) is 2. The Balaban J connectivity index is 2.00. The van der Waals surface area contributed by atoms with Crippen LogP contribution in [-0.2, 0) is 0 Å². The standard InChI is InChI=1S/C20H17N5O3/c1-26-12-3-4-15(27-2)13(9-12)16-14(10-21)19(22)28-20-17(16)18(24-25-20)11-5-7-23-8-6-11/h3-9,16H,22H2,1-2H3,(H,24,25). The van der Waals surface area contributed by atoms with Gasteiger partial charge in [0.15, 0.2) is 0 Å². The van der Waals surface area contributed by atoms with E-state index < -0.39 is 5.92 Å². The predicted octanol–water partition coefficient (Wildman–Crippen LogP) is 2.71. The molecule has 2 aromatic heterocycles. The highest BCUT2D eigenvalue weighted by Gasteiger charge is 2.37. The fourth-order valence-electron chi connectivity index (χ4n) is 3.36. The van der Waals surface area contributed by atoms with Crippen molar-refractivity contribution in [3.63, 3.8) is 0 Å². The summed E-state index contributed by atoms with van der Waals surface area (Å²) in [6.45, 7) is 0. The lowest BCUT2D eigenvalue weighted by Gasteiger charge is -2.25. The molecule has 0 spiro atoms. The van der Waals surface area contributed by atoms with E-state index in [9.17, 15) is 5.26 Å². The van der Waals surface area contributed by atoms with Crippen LogP contribution in [0.1, 0.15) is 17.0 Å². The van der Waals surface area contributed by atoms with Gasteiger partial charge in [0.2, 0.25) is 11.8 Å². The number of rotatable bonds is 4. The largest absolute Gasteiger partial charge is 0.497 e. The molecule has 8 nitrogen and oxygen atoms in total. The van der Waals surface area contributed by atoms with E-state index in [1.807, 2.05) is 18.2 Å². The normalized spacial score (nSPS) is 15.4. The molecule has 4 rings (SSSR count). The van der Waals surface area contributed by atoms with Crippen LogP contribution in [0, 0.1) is 11.3 Å². The number of aromatic nitrogens is 3. The van der Waals surface area contributed by atoms with E-state index in [0.29, 0.717) is 28.6 Å². The molecule has 1 aromatic carbocycles. The molecule has 0 fully saturated rings. The summed E-state index contributed by atoms with van der Waals surface area (Å²) in [6, 6.07) is 11.3. The summed E-state index contributed by atoms with van der Waals surface area (Å²) in [4.78, 5) is 4.05. The highest BCUT2D eigenvalue weighted by molar-refractivity contribution is 5.71. The maximum Gasteiger partial charge on any atom is 0.244 e. The predicted molar refractivity (Wildman–Crippen MR) is 101 cm³/mol. The summed E-state index contributed by atoms with van der Waals surface area (Å²) < 4.78 is 16.6. The Morgan fingerprint density at radius 2 is 1.96 bits per heavy atom. The highest BCUT2D eigenvalue weighted by Crippen LogP contribution is 2.48. The zero-order chi connectivity index (χ0) is 19.7. The molecular formula is C20H17N5O3. The Morgan fingerprint density at radius 1 is 1.18 bits per heavy atom. The number of methoxy groups -OCH3 is 2. The molecular weight excluding hydrogens is 358 g/mol. The van der Waals surface area contributed by atoms with E-state index in [1.165, 1.54) is 0 Å². The van der Waals surface area contributed by atoms with Crippen molar-refractivity contribution in [2.45, 2.75) is 5.92 Å². The minimum atomic E-state index is -0.541. The van der Waals surface area contributed by atoms with Gasteiger partial charge < -0.3 is 19.9 Å². The first-order valence-electron chi connectivity index (χ1n) is 8.46. The fourth-order valence-corrected chi connectivity index (χ4v) is 3.36. The molecule has 0 radical (unpaired) electrons. The van der Waals surface area contributed by atoms with Gasteiger partial charge >= 0.3 is 0 Å². The first-order chi connectivity index (χ1) is 13.7. The van der Waals surface area contributed by atoms with Gasteiger partial charge in [-0.15, -0.1) is 5.10 Å². The molecule has 1 atom stereocenters. The van der Waals surface area contributed by atoms with Crippen molar-refractivity contribution in [3.8, 4) is 34.7 Å². The average Bonchev–Trinajstić information content (AvgIpc) is 3.16. The van der Waals surface area contributed by atoms with Crippen LogP contribution < -0.4 is 19.9 Å². The summed E-state index contributed by atoms with van der Waals surface area (Å²) in [6.07, 6.45) is 3.37. The van der Waals surface area contributed by atoms with E-state index in [1.54, 1.807) is 38.7 Å². The van der Waals surface area contributed by atoms with Gasteiger partial charge in [0.05, 0.1) is 31.4 Å². The second-order valence-electron chi connectivity index (χ2n) is 6.09. The SMILES string of the molecule is COc1ccc(OC)c(C2C(C#N)=C(N)Oc3n[nH]c(-c4ccncc4)c32)c1. The van der Waals surface area contributed by atoms with Gasteiger partial charge in [-0.2, -0.15) is 5.26 Å². The lowest BCUT2D eigenvalue weighted by molar-refractivity contribution is 0.373. The van der Waals surface area contributed by atoms with Gasteiger partial charge in [0.25, 0.3) is 0 Å². The molecule has 1 aliphatic heterocycles. The van der Waals surface area contributed by atoms with Crippen LogP contribution >= 0.6 is 0 Å². The van der Waals surface area contributed by atoms with Crippen LogP contribution in [0.4, 0.5) is 0 Å². The third-order valence-corrected chi connectivity index (χ3v) is 4.66. The summed E-state index contributed by atoms with van der Waals surface area (Å²) in [7, 11) is 3.15. The monoisotopic (exact) mass is 375 g/mol. The average molecular weight is 375 g/mol. The molecule has 1 unspecified atom stereocenters. The van der Waals surface area contributed by atoms with Crippen LogP contribution in [0.3, 0.4) is 0 Å². The minimum absolute atomic E-state index is 0.0117. The number of nitrogens with two attached hydrogens (primary N) is 1. The van der Waals surface area contributed by atoms with Crippen molar-refractivity contribution in [2.75, 3.05) is 14.2 Å². The van der Waals surface area contributed by atoms with Crippen molar-refractivity contribution in [1.29, 1.82) is 5.26 Å². The number of pyridine rings is 1. The minimum Gasteiger partial charge on any atom is -0.497 e. The number of nitrogens with zero attached hydrogens (tertiary/aromatic N) is 3. The quantitative estimate of drug-likeness (QED) is 0.719. The molecule has 0 saturated carbocycles. The van der Waals surface area contributed by atoms with Crippen molar-refractivity contribution < 1.29 is 14.2 Å². The molecule has 8 heteroatoms. The Hall–Kier alpha value is -3.99. The Morgan fingerprint density at radius 3 is 2.64 bits per heavy atom. The lowest BCUT2D eigenvalue weighted by Crippen LogP contribution is -2.21. The second-order valence-corrected chi connectivity index (χ2v) is 6.09. The van der Waals surface area contributed by atoms with Crippen LogP contribution in [-0.4, -0.2) is 29.4 Å². The van der Waals surface area contributed by atoms with Crippen molar-refractivity contribution in [2.24, 2.45) is 5.73 Å². The third-order valence-electron chi connectivity index (χ3n) is 4.66. The maximum absolute atomic E-state index is 9.83. The van der Waals surface area contributed by atoms with Crippen LogP contribution in [0.15, 0.2) is 54.2 Å². The van der Waals surface area contributed by atoms with E-state index in [-0.39, 0.29) is 11.5 Å². The van der Waals surface area contributed by atoms with Gasteiger partial charge in [0, 0.05) is 23.5 Å². The molecule has 3 aromatic rings. The molecule has 28 heavy (non-hydrogen) atoms. The summed E-state index contributed by atoms with van der Waals surface area (Å²) >= 11 is 0. The number of allylic oxidation sites excluding steroid dienone is 1. The number of H-pyrrole nitrogens is 1. The molecule has 1 aliphatic rings. The van der Waals surface area contributed by atoms with Gasteiger partial charge in [-0.1, -0.05) is 0 Å². The molecule has 3 N–H and O–H groups in total. The Kier molecular flexibility index (Phi) is 4.33. The zero-order valence-electron chi connectivity index (χ0n) is 15.3. The van der Waals surface area contributed by atoms with E-state index in [2.05, 4.69) is 21.3 Å². The van der Waals surface area contributed by atoms with Gasteiger partial charge in [-0.3, -0.25) is 10.1 Å². The number of fused-ring (bicyclic) bond motifs is 1. The zero-order valence-corrected chi connectivity index (χ0v) is 15.3. The smallest absolute Gasteiger partial charge is 0.244 e. The number of ether oxygens (including phenoxy) is 3.